The number of nitrogens with one attached hydrogen (secondary N) is 2. The zero-order valence-electron chi connectivity index (χ0n) is 13.4. The SMILES string of the molecule is Cc1nc(NC2CCCCC2)cc(C(=O)NC2CCCC2)n1. The van der Waals surface area contributed by atoms with Gasteiger partial charge < -0.3 is 10.6 Å². The van der Waals surface area contributed by atoms with Crippen molar-refractivity contribution < 1.29 is 4.79 Å². The maximum absolute atomic E-state index is 12.4. The molecule has 120 valence electrons. The zero-order valence-corrected chi connectivity index (χ0v) is 13.4. The number of carbonyl (C=O) groups is 1. The molecule has 1 aromatic rings. The third-order valence-corrected chi connectivity index (χ3v) is 4.72. The third-order valence-electron chi connectivity index (χ3n) is 4.72. The van der Waals surface area contributed by atoms with Crippen LogP contribution in [0.15, 0.2) is 6.07 Å². The second kappa shape index (κ2) is 7.07. The van der Waals surface area contributed by atoms with Gasteiger partial charge in [-0.15, -0.1) is 0 Å². The first-order chi connectivity index (χ1) is 10.7. The van der Waals surface area contributed by atoms with E-state index in [1.54, 1.807) is 6.07 Å². The summed E-state index contributed by atoms with van der Waals surface area (Å²) in [4.78, 5) is 21.1. The Hall–Kier alpha value is -1.65. The number of carbonyl (C=O) groups excluding carboxylic acids is 1. The Morgan fingerprint density at radius 3 is 2.36 bits per heavy atom. The summed E-state index contributed by atoms with van der Waals surface area (Å²) in [5, 5.41) is 6.58. The molecule has 0 atom stereocenters. The lowest BCUT2D eigenvalue weighted by molar-refractivity contribution is 0.0932. The average Bonchev–Trinajstić information content (AvgIpc) is 3.00. The van der Waals surface area contributed by atoms with Gasteiger partial charge in [0.25, 0.3) is 5.91 Å². The molecule has 1 amide bonds. The van der Waals surface area contributed by atoms with Crippen molar-refractivity contribution in [1.82, 2.24) is 15.3 Å². The molecule has 0 bridgehead atoms. The molecular formula is C17H26N4O. The van der Waals surface area contributed by atoms with Gasteiger partial charge in [0.15, 0.2) is 0 Å². The van der Waals surface area contributed by atoms with Crippen molar-refractivity contribution in [2.45, 2.75) is 76.8 Å². The topological polar surface area (TPSA) is 66.9 Å². The minimum atomic E-state index is -0.0657. The molecule has 2 aliphatic rings. The van der Waals surface area contributed by atoms with Gasteiger partial charge in [-0.1, -0.05) is 32.1 Å². The molecule has 22 heavy (non-hydrogen) atoms. The van der Waals surface area contributed by atoms with E-state index in [1.807, 2.05) is 6.92 Å². The first-order valence-corrected chi connectivity index (χ1v) is 8.64. The third kappa shape index (κ3) is 3.96. The highest BCUT2D eigenvalue weighted by Gasteiger charge is 2.20. The Kier molecular flexibility index (Phi) is 4.90. The predicted molar refractivity (Wildman–Crippen MR) is 87.0 cm³/mol. The highest BCUT2D eigenvalue weighted by Crippen LogP contribution is 2.21. The van der Waals surface area contributed by atoms with E-state index in [9.17, 15) is 4.79 Å². The Morgan fingerprint density at radius 2 is 1.64 bits per heavy atom. The molecule has 0 saturated heterocycles. The minimum Gasteiger partial charge on any atom is -0.367 e. The summed E-state index contributed by atoms with van der Waals surface area (Å²) in [5.41, 5.74) is 0.484. The molecule has 0 unspecified atom stereocenters. The number of aromatic nitrogens is 2. The molecule has 3 rings (SSSR count). The van der Waals surface area contributed by atoms with Crippen LogP contribution in [0, 0.1) is 6.92 Å². The number of hydrogen-bond acceptors (Lipinski definition) is 4. The van der Waals surface area contributed by atoms with Crippen molar-refractivity contribution in [1.29, 1.82) is 0 Å². The van der Waals surface area contributed by atoms with Crippen molar-refractivity contribution in [3.63, 3.8) is 0 Å². The first kappa shape index (κ1) is 15.3. The quantitative estimate of drug-likeness (QED) is 0.896. The largest absolute Gasteiger partial charge is 0.367 e. The molecule has 1 heterocycles. The molecule has 2 aliphatic carbocycles. The lowest BCUT2D eigenvalue weighted by Gasteiger charge is -2.23. The van der Waals surface area contributed by atoms with Crippen LogP contribution in [0.2, 0.25) is 0 Å². The van der Waals surface area contributed by atoms with E-state index in [2.05, 4.69) is 20.6 Å². The number of hydrogen-bond donors (Lipinski definition) is 2. The Labute approximate surface area is 132 Å². The normalized spacial score (nSPS) is 20.0. The van der Waals surface area contributed by atoms with Crippen molar-refractivity contribution in [2.24, 2.45) is 0 Å². The average molecular weight is 302 g/mol. The van der Waals surface area contributed by atoms with E-state index >= 15 is 0 Å². The van der Waals surface area contributed by atoms with E-state index in [0.717, 1.165) is 18.7 Å². The van der Waals surface area contributed by atoms with Crippen LogP contribution in [-0.2, 0) is 0 Å². The van der Waals surface area contributed by atoms with Gasteiger partial charge in [-0.05, 0) is 32.6 Å². The fourth-order valence-corrected chi connectivity index (χ4v) is 3.54. The highest BCUT2D eigenvalue weighted by atomic mass is 16.1. The lowest BCUT2D eigenvalue weighted by Crippen LogP contribution is -2.33. The molecule has 5 heteroatoms. The van der Waals surface area contributed by atoms with Crippen molar-refractivity contribution in [3.05, 3.63) is 17.6 Å². The fraction of sp³-hybridized carbons (Fsp3) is 0.706. The van der Waals surface area contributed by atoms with Crippen LogP contribution in [0.4, 0.5) is 5.82 Å². The molecule has 0 aliphatic heterocycles. The van der Waals surface area contributed by atoms with Gasteiger partial charge in [0.05, 0.1) is 0 Å². The van der Waals surface area contributed by atoms with Crippen LogP contribution in [0.3, 0.4) is 0 Å². The monoisotopic (exact) mass is 302 g/mol. The van der Waals surface area contributed by atoms with E-state index in [4.69, 9.17) is 0 Å². The summed E-state index contributed by atoms with van der Waals surface area (Å²) >= 11 is 0. The smallest absolute Gasteiger partial charge is 0.270 e. The number of nitrogens with zero attached hydrogens (tertiary/aromatic N) is 2. The molecule has 0 spiro atoms. The van der Waals surface area contributed by atoms with Crippen LogP contribution in [0.1, 0.15) is 74.1 Å². The first-order valence-electron chi connectivity index (χ1n) is 8.64. The van der Waals surface area contributed by atoms with Gasteiger partial charge in [-0.2, -0.15) is 0 Å². The molecule has 2 saturated carbocycles. The number of anilines is 1. The van der Waals surface area contributed by atoms with Gasteiger partial charge in [-0.25, -0.2) is 9.97 Å². The molecule has 2 N–H and O–H groups in total. The molecule has 2 fully saturated rings. The Morgan fingerprint density at radius 1 is 1.00 bits per heavy atom. The molecule has 5 nitrogen and oxygen atoms in total. The second-order valence-corrected chi connectivity index (χ2v) is 6.62. The summed E-state index contributed by atoms with van der Waals surface area (Å²) in [6, 6.07) is 2.60. The van der Waals surface area contributed by atoms with Crippen LogP contribution in [0.25, 0.3) is 0 Å². The summed E-state index contributed by atoms with van der Waals surface area (Å²) < 4.78 is 0. The molecule has 1 aromatic heterocycles. The van der Waals surface area contributed by atoms with Gasteiger partial charge in [-0.3, -0.25) is 4.79 Å². The van der Waals surface area contributed by atoms with E-state index in [0.29, 0.717) is 23.6 Å². The fourth-order valence-electron chi connectivity index (χ4n) is 3.54. The molecule has 0 aromatic carbocycles. The number of aryl methyl sites for hydroxylation is 1. The van der Waals surface area contributed by atoms with Gasteiger partial charge in [0, 0.05) is 18.2 Å². The van der Waals surface area contributed by atoms with E-state index in [-0.39, 0.29) is 5.91 Å². The standard InChI is InChI=1S/C17H26N4O/c1-12-18-15(17(22)21-14-9-5-6-10-14)11-16(19-12)20-13-7-3-2-4-8-13/h11,13-14H,2-10H2,1H3,(H,21,22)(H,18,19,20). The maximum Gasteiger partial charge on any atom is 0.270 e. The zero-order chi connectivity index (χ0) is 15.4. The number of amides is 1. The summed E-state index contributed by atoms with van der Waals surface area (Å²) in [7, 11) is 0. The summed E-state index contributed by atoms with van der Waals surface area (Å²) in [6.07, 6.45) is 10.8. The van der Waals surface area contributed by atoms with Crippen LogP contribution in [-0.4, -0.2) is 28.0 Å². The Balaban J connectivity index is 1.66. The van der Waals surface area contributed by atoms with Gasteiger partial charge >= 0.3 is 0 Å². The van der Waals surface area contributed by atoms with Crippen LogP contribution >= 0.6 is 0 Å². The lowest BCUT2D eigenvalue weighted by atomic mass is 9.95. The molecule has 0 radical (unpaired) electrons. The van der Waals surface area contributed by atoms with E-state index < -0.39 is 0 Å². The predicted octanol–water partition coefficient (Wildman–Crippen LogP) is 3.20. The van der Waals surface area contributed by atoms with Crippen molar-refractivity contribution in [2.75, 3.05) is 5.32 Å². The van der Waals surface area contributed by atoms with Crippen LogP contribution in [0.5, 0.6) is 0 Å². The van der Waals surface area contributed by atoms with Crippen LogP contribution < -0.4 is 10.6 Å². The highest BCUT2D eigenvalue weighted by molar-refractivity contribution is 5.93. The summed E-state index contributed by atoms with van der Waals surface area (Å²) in [5.74, 6) is 1.37. The van der Waals surface area contributed by atoms with Crippen molar-refractivity contribution >= 4 is 11.7 Å². The minimum absolute atomic E-state index is 0.0657. The number of rotatable bonds is 4. The maximum atomic E-state index is 12.4. The van der Waals surface area contributed by atoms with Gasteiger partial charge in [0.1, 0.15) is 17.3 Å². The van der Waals surface area contributed by atoms with E-state index in [1.165, 1.54) is 44.9 Å². The molecular weight excluding hydrogens is 276 g/mol. The summed E-state index contributed by atoms with van der Waals surface area (Å²) in [6.45, 7) is 1.85. The van der Waals surface area contributed by atoms with Gasteiger partial charge in [0.2, 0.25) is 0 Å². The van der Waals surface area contributed by atoms with Crippen molar-refractivity contribution in [3.8, 4) is 0 Å². The Bertz CT molecular complexity index is 519. The second-order valence-electron chi connectivity index (χ2n) is 6.62.